The first-order valence-corrected chi connectivity index (χ1v) is 7.13. The smallest absolute Gasteiger partial charge is 0.306 e. The van der Waals surface area contributed by atoms with Crippen LogP contribution in [-0.2, 0) is 4.79 Å². The Hall–Kier alpha value is -1.85. The predicted octanol–water partition coefficient (Wildman–Crippen LogP) is 2.32. The molecule has 1 heterocycles. The van der Waals surface area contributed by atoms with Gasteiger partial charge < -0.3 is 15.2 Å². The first-order valence-electron chi connectivity index (χ1n) is 7.13. The fourth-order valence-electron chi connectivity index (χ4n) is 2.47. The normalized spacial score (nSPS) is 22.2. The van der Waals surface area contributed by atoms with Gasteiger partial charge in [-0.2, -0.15) is 0 Å². The lowest BCUT2D eigenvalue weighted by Gasteiger charge is -2.28. The van der Waals surface area contributed by atoms with E-state index < -0.39 is 5.97 Å². The van der Waals surface area contributed by atoms with Gasteiger partial charge in [-0.3, -0.25) is 4.79 Å². The van der Waals surface area contributed by atoms with Gasteiger partial charge in [-0.25, -0.2) is 9.97 Å². The highest BCUT2D eigenvalue weighted by Crippen LogP contribution is 2.28. The molecule has 0 aliphatic heterocycles. The topological polar surface area (TPSA) is 84.3 Å². The van der Waals surface area contributed by atoms with Gasteiger partial charge in [0.25, 0.3) is 5.88 Å². The van der Waals surface area contributed by atoms with Crippen molar-refractivity contribution >= 4 is 11.8 Å². The molecule has 0 radical (unpaired) electrons. The zero-order chi connectivity index (χ0) is 14.4. The molecule has 2 rings (SSSR count). The highest BCUT2D eigenvalue weighted by Gasteiger charge is 2.27. The van der Waals surface area contributed by atoms with Crippen molar-refractivity contribution in [3.63, 3.8) is 0 Å². The quantitative estimate of drug-likeness (QED) is 0.831. The molecular formula is C14H21N3O3. The van der Waals surface area contributed by atoms with Crippen LogP contribution in [0.3, 0.4) is 0 Å². The van der Waals surface area contributed by atoms with Crippen LogP contribution in [0.1, 0.15) is 39.0 Å². The number of nitrogens with one attached hydrogen (secondary N) is 1. The Kier molecular flexibility index (Phi) is 5.15. The van der Waals surface area contributed by atoms with Gasteiger partial charge in [0.15, 0.2) is 5.82 Å². The largest absolute Gasteiger partial charge is 0.481 e. The Morgan fingerprint density at radius 1 is 1.45 bits per heavy atom. The fraction of sp³-hybridized carbons (Fsp3) is 0.643. The molecule has 0 saturated heterocycles. The summed E-state index contributed by atoms with van der Waals surface area (Å²) in [7, 11) is 0. The van der Waals surface area contributed by atoms with Crippen molar-refractivity contribution in [1.82, 2.24) is 9.97 Å². The molecule has 1 aliphatic rings. The van der Waals surface area contributed by atoms with Crippen LogP contribution in [0.4, 0.5) is 5.82 Å². The molecule has 0 spiro atoms. The molecule has 0 bridgehead atoms. The molecule has 1 saturated carbocycles. The third kappa shape index (κ3) is 3.82. The number of carboxylic acid groups (broad SMARTS) is 1. The van der Waals surface area contributed by atoms with Crippen molar-refractivity contribution in [3.8, 4) is 5.88 Å². The zero-order valence-electron chi connectivity index (χ0n) is 11.7. The number of anilines is 1. The van der Waals surface area contributed by atoms with E-state index in [-0.39, 0.29) is 12.0 Å². The van der Waals surface area contributed by atoms with E-state index in [9.17, 15) is 4.79 Å². The number of aromatic nitrogens is 2. The van der Waals surface area contributed by atoms with Crippen LogP contribution in [0.15, 0.2) is 12.4 Å². The van der Waals surface area contributed by atoms with Crippen LogP contribution in [0, 0.1) is 5.92 Å². The van der Waals surface area contributed by atoms with E-state index in [1.165, 1.54) is 0 Å². The summed E-state index contributed by atoms with van der Waals surface area (Å²) in [5, 5.41) is 12.4. The first kappa shape index (κ1) is 14.6. The maximum Gasteiger partial charge on any atom is 0.306 e. The predicted molar refractivity (Wildman–Crippen MR) is 74.8 cm³/mol. The zero-order valence-corrected chi connectivity index (χ0v) is 11.7. The Morgan fingerprint density at radius 2 is 2.25 bits per heavy atom. The van der Waals surface area contributed by atoms with Gasteiger partial charge in [0.1, 0.15) is 0 Å². The minimum Gasteiger partial charge on any atom is -0.481 e. The van der Waals surface area contributed by atoms with Crippen LogP contribution in [0.2, 0.25) is 0 Å². The van der Waals surface area contributed by atoms with Crippen molar-refractivity contribution in [3.05, 3.63) is 12.4 Å². The van der Waals surface area contributed by atoms with Crippen molar-refractivity contribution in [2.24, 2.45) is 5.92 Å². The van der Waals surface area contributed by atoms with E-state index in [1.54, 1.807) is 12.4 Å². The molecule has 0 amide bonds. The summed E-state index contributed by atoms with van der Waals surface area (Å²) in [5.41, 5.74) is 0. The molecule has 2 atom stereocenters. The number of aliphatic carboxylic acids is 1. The van der Waals surface area contributed by atoms with Crippen LogP contribution in [0.5, 0.6) is 5.88 Å². The molecule has 20 heavy (non-hydrogen) atoms. The summed E-state index contributed by atoms with van der Waals surface area (Å²) in [6, 6.07) is 0.116. The lowest BCUT2D eigenvalue weighted by Crippen LogP contribution is -2.31. The van der Waals surface area contributed by atoms with E-state index >= 15 is 0 Å². The molecule has 6 nitrogen and oxygen atoms in total. The minimum atomic E-state index is -0.710. The Bertz CT molecular complexity index is 453. The lowest BCUT2D eigenvalue weighted by atomic mass is 9.86. The second kappa shape index (κ2) is 7.07. The molecule has 6 heteroatoms. The van der Waals surface area contributed by atoms with Gasteiger partial charge in [-0.1, -0.05) is 13.3 Å². The second-order valence-electron chi connectivity index (χ2n) is 5.10. The number of nitrogens with zero attached hydrogens (tertiary/aromatic N) is 2. The van der Waals surface area contributed by atoms with E-state index in [2.05, 4.69) is 15.3 Å². The summed E-state index contributed by atoms with van der Waals surface area (Å²) in [6.45, 7) is 2.62. The van der Waals surface area contributed by atoms with Gasteiger partial charge in [-0.15, -0.1) is 0 Å². The number of rotatable bonds is 6. The molecule has 1 aromatic heterocycles. The summed E-state index contributed by atoms with van der Waals surface area (Å²) < 4.78 is 5.55. The lowest BCUT2D eigenvalue weighted by molar-refractivity contribution is -0.142. The monoisotopic (exact) mass is 279 g/mol. The SMILES string of the molecule is CCCOc1nccnc1NC1CCCC(C(=O)O)C1. The van der Waals surface area contributed by atoms with E-state index in [0.717, 1.165) is 25.7 Å². The van der Waals surface area contributed by atoms with E-state index in [0.29, 0.717) is 24.7 Å². The van der Waals surface area contributed by atoms with E-state index in [1.807, 2.05) is 6.92 Å². The molecule has 2 N–H and O–H groups in total. The average molecular weight is 279 g/mol. The van der Waals surface area contributed by atoms with Crippen LogP contribution >= 0.6 is 0 Å². The number of ether oxygens (including phenoxy) is 1. The van der Waals surface area contributed by atoms with Crippen LogP contribution in [0.25, 0.3) is 0 Å². The van der Waals surface area contributed by atoms with Crippen LogP contribution < -0.4 is 10.1 Å². The minimum absolute atomic E-state index is 0.116. The van der Waals surface area contributed by atoms with Crippen molar-refractivity contribution < 1.29 is 14.6 Å². The fourth-order valence-corrected chi connectivity index (χ4v) is 2.47. The average Bonchev–Trinajstić information content (AvgIpc) is 2.46. The number of carbonyl (C=O) groups is 1. The van der Waals surface area contributed by atoms with Crippen molar-refractivity contribution in [2.75, 3.05) is 11.9 Å². The van der Waals surface area contributed by atoms with Gasteiger partial charge in [-0.05, 0) is 25.7 Å². The molecule has 0 aromatic carbocycles. The van der Waals surface area contributed by atoms with Gasteiger partial charge in [0, 0.05) is 18.4 Å². The Labute approximate surface area is 118 Å². The molecule has 1 fully saturated rings. The molecule has 1 aromatic rings. The number of carboxylic acids is 1. The summed E-state index contributed by atoms with van der Waals surface area (Å²) in [5.74, 6) is 0.125. The molecule has 110 valence electrons. The van der Waals surface area contributed by atoms with Gasteiger partial charge in [0.2, 0.25) is 0 Å². The van der Waals surface area contributed by atoms with Crippen molar-refractivity contribution in [1.29, 1.82) is 0 Å². The number of hydrogen-bond acceptors (Lipinski definition) is 5. The van der Waals surface area contributed by atoms with Crippen LogP contribution in [-0.4, -0.2) is 33.7 Å². The number of hydrogen-bond donors (Lipinski definition) is 2. The Morgan fingerprint density at radius 3 is 3.00 bits per heavy atom. The molecule has 2 unspecified atom stereocenters. The maximum atomic E-state index is 11.1. The summed E-state index contributed by atoms with van der Waals surface area (Å²) >= 11 is 0. The first-order chi connectivity index (χ1) is 9.70. The highest BCUT2D eigenvalue weighted by atomic mass is 16.5. The second-order valence-corrected chi connectivity index (χ2v) is 5.10. The highest BCUT2D eigenvalue weighted by molar-refractivity contribution is 5.70. The molecule has 1 aliphatic carbocycles. The van der Waals surface area contributed by atoms with Crippen molar-refractivity contribution in [2.45, 2.75) is 45.1 Å². The third-order valence-corrected chi connectivity index (χ3v) is 3.47. The Balaban J connectivity index is 2.00. The summed E-state index contributed by atoms with van der Waals surface area (Å²) in [6.07, 6.45) is 7.36. The van der Waals surface area contributed by atoms with Gasteiger partial charge in [0.05, 0.1) is 12.5 Å². The van der Waals surface area contributed by atoms with E-state index in [4.69, 9.17) is 9.84 Å². The maximum absolute atomic E-state index is 11.1. The third-order valence-electron chi connectivity index (χ3n) is 3.47. The summed E-state index contributed by atoms with van der Waals surface area (Å²) in [4.78, 5) is 19.5. The standard InChI is InChI=1S/C14H21N3O3/c1-2-8-20-13-12(15-6-7-16-13)17-11-5-3-4-10(9-11)14(18)19/h6-7,10-11H,2-5,8-9H2,1H3,(H,15,17)(H,18,19). The molecular weight excluding hydrogens is 258 g/mol. The van der Waals surface area contributed by atoms with Gasteiger partial charge >= 0.3 is 5.97 Å².